The fraction of sp³-hybridized carbons (Fsp3) is 0.333. The number of benzene rings is 1. The van der Waals surface area contributed by atoms with Crippen LogP contribution in [0.5, 0.6) is 0 Å². The summed E-state index contributed by atoms with van der Waals surface area (Å²) in [7, 11) is 0. The first-order valence-electron chi connectivity index (χ1n) is 6.66. The van der Waals surface area contributed by atoms with E-state index in [2.05, 4.69) is 41.5 Å². The molecule has 0 spiro atoms. The van der Waals surface area contributed by atoms with Crippen LogP contribution in [0, 0.1) is 0 Å². The van der Waals surface area contributed by atoms with Gasteiger partial charge in [0.25, 0.3) is 0 Å². The van der Waals surface area contributed by atoms with Gasteiger partial charge in [0.2, 0.25) is 0 Å². The molecule has 2 aromatic rings. The van der Waals surface area contributed by atoms with Crippen molar-refractivity contribution >= 4 is 22.3 Å². The van der Waals surface area contributed by atoms with Gasteiger partial charge in [0.15, 0.2) is 5.69 Å². The number of aromatic nitrogens is 1. The molecule has 1 N–H and O–H groups in total. The third kappa shape index (κ3) is 3.57. The molecule has 0 bridgehead atoms. The molecule has 0 fully saturated rings. The fourth-order valence-electron chi connectivity index (χ4n) is 1.79. The summed E-state index contributed by atoms with van der Waals surface area (Å²) in [6, 6.07) is 8.43. The topological polar surface area (TPSA) is 51.2 Å². The molecule has 0 unspecified atom stereocenters. The summed E-state index contributed by atoms with van der Waals surface area (Å²) in [5, 5.41) is 3.99. The molecule has 5 heteroatoms. The highest BCUT2D eigenvalue weighted by molar-refractivity contribution is 7.14. The predicted octanol–water partition coefficient (Wildman–Crippen LogP) is 3.49. The maximum atomic E-state index is 11.7. The lowest BCUT2D eigenvalue weighted by Crippen LogP contribution is -2.09. The van der Waals surface area contributed by atoms with Crippen LogP contribution in [-0.2, 0) is 17.7 Å². The number of ether oxygens (including phenoxy) is 1. The largest absolute Gasteiger partial charge is 0.461 e. The lowest BCUT2D eigenvalue weighted by molar-refractivity contribution is 0.0521. The van der Waals surface area contributed by atoms with Crippen LogP contribution >= 0.6 is 11.3 Å². The van der Waals surface area contributed by atoms with Crippen molar-refractivity contribution in [3.8, 4) is 0 Å². The standard InChI is InChI=1S/C15H18N2O2S/c1-3-11-5-7-12(8-6-11)9-16-14-13(17-10-20-14)15(18)19-4-2/h5-8,10,16H,3-4,9H2,1-2H3. The molecule has 0 atom stereocenters. The van der Waals surface area contributed by atoms with Crippen molar-refractivity contribution in [2.24, 2.45) is 0 Å². The highest BCUT2D eigenvalue weighted by atomic mass is 32.1. The van der Waals surface area contributed by atoms with Gasteiger partial charge < -0.3 is 10.1 Å². The first kappa shape index (κ1) is 14.5. The molecule has 0 amide bonds. The van der Waals surface area contributed by atoms with Gasteiger partial charge in [-0.25, -0.2) is 9.78 Å². The lowest BCUT2D eigenvalue weighted by Gasteiger charge is -2.07. The minimum absolute atomic E-state index is 0.355. The zero-order valence-corrected chi connectivity index (χ0v) is 12.5. The molecule has 0 radical (unpaired) electrons. The van der Waals surface area contributed by atoms with Crippen LogP contribution in [-0.4, -0.2) is 17.6 Å². The summed E-state index contributed by atoms with van der Waals surface area (Å²) >= 11 is 1.41. The Labute approximate surface area is 122 Å². The molecule has 0 aliphatic rings. The van der Waals surface area contributed by atoms with Gasteiger partial charge in [0.1, 0.15) is 5.00 Å². The van der Waals surface area contributed by atoms with Gasteiger partial charge >= 0.3 is 5.97 Å². The van der Waals surface area contributed by atoms with E-state index in [0.717, 1.165) is 11.4 Å². The number of nitrogens with one attached hydrogen (secondary N) is 1. The molecule has 2 rings (SSSR count). The van der Waals surface area contributed by atoms with Crippen LogP contribution in [0.3, 0.4) is 0 Å². The maximum absolute atomic E-state index is 11.7. The summed E-state index contributed by atoms with van der Waals surface area (Å²) in [6.45, 7) is 4.94. The Bertz CT molecular complexity index is 564. The monoisotopic (exact) mass is 290 g/mol. The maximum Gasteiger partial charge on any atom is 0.360 e. The van der Waals surface area contributed by atoms with Crippen LogP contribution in [0.1, 0.15) is 35.5 Å². The third-order valence-corrected chi connectivity index (χ3v) is 3.70. The number of rotatable bonds is 6. The van der Waals surface area contributed by atoms with E-state index in [1.807, 2.05) is 0 Å². The number of thiazole rings is 1. The van der Waals surface area contributed by atoms with E-state index in [9.17, 15) is 4.79 Å². The van der Waals surface area contributed by atoms with E-state index in [0.29, 0.717) is 18.8 Å². The summed E-state index contributed by atoms with van der Waals surface area (Å²) in [4.78, 5) is 15.8. The van der Waals surface area contributed by atoms with E-state index in [4.69, 9.17) is 4.74 Å². The third-order valence-electron chi connectivity index (χ3n) is 2.92. The number of carbonyl (C=O) groups excluding carboxylic acids is 1. The quantitative estimate of drug-likeness (QED) is 0.827. The molecule has 0 aliphatic heterocycles. The Morgan fingerprint density at radius 3 is 2.60 bits per heavy atom. The second kappa shape index (κ2) is 7.05. The molecular formula is C15H18N2O2S. The molecule has 0 saturated carbocycles. The van der Waals surface area contributed by atoms with Crippen LogP contribution in [0.4, 0.5) is 5.00 Å². The highest BCUT2D eigenvalue weighted by Gasteiger charge is 2.15. The molecule has 106 valence electrons. The van der Waals surface area contributed by atoms with Crippen LogP contribution in [0.25, 0.3) is 0 Å². The Morgan fingerprint density at radius 2 is 1.95 bits per heavy atom. The number of hydrogen-bond donors (Lipinski definition) is 1. The second-order valence-corrected chi connectivity index (χ2v) is 5.13. The first-order valence-corrected chi connectivity index (χ1v) is 7.54. The number of anilines is 1. The zero-order valence-electron chi connectivity index (χ0n) is 11.7. The van der Waals surface area contributed by atoms with E-state index in [-0.39, 0.29) is 5.97 Å². The number of hydrogen-bond acceptors (Lipinski definition) is 5. The Hall–Kier alpha value is -1.88. The summed E-state index contributed by atoms with van der Waals surface area (Å²) in [6.07, 6.45) is 1.04. The van der Waals surface area contributed by atoms with Gasteiger partial charge in [-0.15, -0.1) is 11.3 Å². The van der Waals surface area contributed by atoms with Crippen LogP contribution < -0.4 is 5.32 Å². The zero-order chi connectivity index (χ0) is 14.4. The molecule has 4 nitrogen and oxygen atoms in total. The fourth-order valence-corrected chi connectivity index (χ4v) is 2.46. The van der Waals surface area contributed by atoms with Crippen molar-refractivity contribution in [1.82, 2.24) is 4.98 Å². The molecule has 20 heavy (non-hydrogen) atoms. The smallest absolute Gasteiger partial charge is 0.360 e. The number of esters is 1. The van der Waals surface area contributed by atoms with Crippen molar-refractivity contribution in [2.75, 3.05) is 11.9 Å². The van der Waals surface area contributed by atoms with Crippen molar-refractivity contribution in [2.45, 2.75) is 26.8 Å². The molecule has 1 aromatic heterocycles. The Morgan fingerprint density at radius 1 is 1.25 bits per heavy atom. The Kier molecular flexibility index (Phi) is 5.12. The minimum atomic E-state index is -0.377. The first-order chi connectivity index (χ1) is 9.74. The van der Waals surface area contributed by atoms with E-state index < -0.39 is 0 Å². The second-order valence-electron chi connectivity index (χ2n) is 4.27. The number of nitrogens with zero attached hydrogens (tertiary/aromatic N) is 1. The predicted molar refractivity (Wildman–Crippen MR) is 81.2 cm³/mol. The van der Waals surface area contributed by atoms with Crippen molar-refractivity contribution < 1.29 is 9.53 Å². The minimum Gasteiger partial charge on any atom is -0.461 e. The Balaban J connectivity index is 2.00. The molecule has 1 aromatic carbocycles. The van der Waals surface area contributed by atoms with Gasteiger partial charge in [0, 0.05) is 6.54 Å². The molecule has 0 saturated heterocycles. The summed E-state index contributed by atoms with van der Waals surface area (Å²) in [5.74, 6) is -0.377. The van der Waals surface area contributed by atoms with E-state index in [1.54, 1.807) is 12.4 Å². The highest BCUT2D eigenvalue weighted by Crippen LogP contribution is 2.22. The SMILES string of the molecule is CCOC(=O)c1ncsc1NCc1ccc(CC)cc1. The van der Waals surface area contributed by atoms with Crippen molar-refractivity contribution in [3.63, 3.8) is 0 Å². The average molecular weight is 290 g/mol. The molecular weight excluding hydrogens is 272 g/mol. The van der Waals surface area contributed by atoms with Crippen LogP contribution in [0.15, 0.2) is 29.8 Å². The van der Waals surface area contributed by atoms with Crippen LogP contribution in [0.2, 0.25) is 0 Å². The number of carbonyl (C=O) groups is 1. The van der Waals surface area contributed by atoms with Gasteiger partial charge in [0.05, 0.1) is 12.1 Å². The summed E-state index contributed by atoms with van der Waals surface area (Å²) < 4.78 is 4.97. The van der Waals surface area contributed by atoms with Crippen molar-refractivity contribution in [1.29, 1.82) is 0 Å². The molecule has 1 heterocycles. The van der Waals surface area contributed by atoms with Gasteiger partial charge in [-0.1, -0.05) is 31.2 Å². The van der Waals surface area contributed by atoms with E-state index >= 15 is 0 Å². The van der Waals surface area contributed by atoms with Crippen molar-refractivity contribution in [3.05, 3.63) is 46.6 Å². The van der Waals surface area contributed by atoms with Gasteiger partial charge in [-0.3, -0.25) is 0 Å². The van der Waals surface area contributed by atoms with Gasteiger partial charge in [-0.2, -0.15) is 0 Å². The average Bonchev–Trinajstić information content (AvgIpc) is 2.94. The lowest BCUT2D eigenvalue weighted by atomic mass is 10.1. The number of aryl methyl sites for hydroxylation is 1. The van der Waals surface area contributed by atoms with Gasteiger partial charge in [-0.05, 0) is 24.5 Å². The molecule has 0 aliphatic carbocycles. The summed E-state index contributed by atoms with van der Waals surface area (Å²) in [5.41, 5.74) is 4.50. The normalized spacial score (nSPS) is 10.3. The van der Waals surface area contributed by atoms with E-state index in [1.165, 1.54) is 22.5 Å².